The van der Waals surface area contributed by atoms with Gasteiger partial charge in [-0.25, -0.2) is 9.59 Å². The number of amides is 1. The smallest absolute Gasteiger partial charge is 0.411 e. The Kier molecular flexibility index (Phi) is 5.42. The normalized spacial score (nSPS) is 23.8. The third-order valence-electron chi connectivity index (χ3n) is 3.43. The number of carboxylic acid groups (broad SMARTS) is 1. The Labute approximate surface area is 121 Å². The maximum Gasteiger partial charge on any atom is 0.411 e. The number of hydrogen-bond acceptors (Lipinski definition) is 3. The molecule has 1 heterocycles. The molecule has 0 aromatic carbocycles. The Hall–Kier alpha value is -1.26. The van der Waals surface area contributed by atoms with Crippen LogP contribution in [0.1, 0.15) is 53.9 Å². The molecule has 0 saturated carbocycles. The zero-order valence-electron chi connectivity index (χ0n) is 13.2. The van der Waals surface area contributed by atoms with Crippen molar-refractivity contribution in [3.8, 4) is 0 Å². The van der Waals surface area contributed by atoms with Crippen molar-refractivity contribution in [2.24, 2.45) is 11.8 Å². The highest BCUT2D eigenvalue weighted by molar-refractivity contribution is 5.80. The Morgan fingerprint density at radius 3 is 2.40 bits per heavy atom. The van der Waals surface area contributed by atoms with Crippen molar-refractivity contribution in [1.82, 2.24) is 4.90 Å². The Morgan fingerprint density at radius 2 is 1.95 bits per heavy atom. The van der Waals surface area contributed by atoms with Gasteiger partial charge in [-0.3, -0.25) is 4.90 Å². The highest BCUT2D eigenvalue weighted by Gasteiger charge is 2.38. The monoisotopic (exact) mass is 285 g/mol. The minimum absolute atomic E-state index is 0.370. The first kappa shape index (κ1) is 16.8. The third kappa shape index (κ3) is 5.02. The molecule has 1 rings (SSSR count). The summed E-state index contributed by atoms with van der Waals surface area (Å²) in [4.78, 5) is 24.9. The van der Waals surface area contributed by atoms with E-state index in [9.17, 15) is 14.7 Å². The molecule has 0 bridgehead atoms. The molecule has 0 aromatic rings. The van der Waals surface area contributed by atoms with Gasteiger partial charge in [-0.1, -0.05) is 13.8 Å². The molecule has 0 aromatic heterocycles. The summed E-state index contributed by atoms with van der Waals surface area (Å²) in [6.45, 7) is 10.1. The van der Waals surface area contributed by atoms with Crippen molar-refractivity contribution in [3.63, 3.8) is 0 Å². The lowest BCUT2D eigenvalue weighted by Crippen LogP contribution is -2.51. The number of carbonyl (C=O) groups excluding carboxylic acids is 1. The number of aliphatic carboxylic acids is 1. The fraction of sp³-hybridized carbons (Fsp3) is 0.867. The number of hydrogen-bond donors (Lipinski definition) is 1. The zero-order chi connectivity index (χ0) is 15.5. The first-order valence-corrected chi connectivity index (χ1v) is 7.32. The molecule has 20 heavy (non-hydrogen) atoms. The van der Waals surface area contributed by atoms with Crippen LogP contribution in [-0.4, -0.2) is 40.3 Å². The van der Waals surface area contributed by atoms with Crippen LogP contribution in [0.4, 0.5) is 4.79 Å². The lowest BCUT2D eigenvalue weighted by molar-refractivity contribution is -0.145. The second-order valence-electron chi connectivity index (χ2n) is 7.05. The summed E-state index contributed by atoms with van der Waals surface area (Å²) in [5.41, 5.74) is -0.602. The number of carboxylic acids is 1. The highest BCUT2D eigenvalue weighted by Crippen LogP contribution is 2.29. The third-order valence-corrected chi connectivity index (χ3v) is 3.43. The van der Waals surface area contributed by atoms with Crippen LogP contribution >= 0.6 is 0 Å². The van der Waals surface area contributed by atoms with Crippen LogP contribution in [0.25, 0.3) is 0 Å². The molecular weight excluding hydrogens is 258 g/mol. The van der Waals surface area contributed by atoms with Crippen LogP contribution in [0, 0.1) is 11.8 Å². The van der Waals surface area contributed by atoms with Crippen molar-refractivity contribution < 1.29 is 19.4 Å². The average Bonchev–Trinajstić information content (AvgIpc) is 2.25. The standard InChI is InChI=1S/C15H27NO4/c1-10(2)8-11-6-7-16(12(9-11)13(17)18)14(19)20-15(3,4)5/h10-12H,6-9H2,1-5H3,(H,17,18)/t11-,12+/m1/s1. The fourth-order valence-corrected chi connectivity index (χ4v) is 2.69. The Morgan fingerprint density at radius 1 is 1.35 bits per heavy atom. The number of carbonyl (C=O) groups is 2. The van der Waals surface area contributed by atoms with E-state index in [0.29, 0.717) is 24.8 Å². The van der Waals surface area contributed by atoms with Crippen LogP contribution in [0.15, 0.2) is 0 Å². The lowest BCUT2D eigenvalue weighted by Gasteiger charge is -2.38. The van der Waals surface area contributed by atoms with E-state index in [2.05, 4.69) is 13.8 Å². The molecule has 116 valence electrons. The maximum atomic E-state index is 12.1. The van der Waals surface area contributed by atoms with Crippen molar-refractivity contribution >= 4 is 12.1 Å². The highest BCUT2D eigenvalue weighted by atomic mass is 16.6. The lowest BCUT2D eigenvalue weighted by atomic mass is 9.85. The van der Waals surface area contributed by atoms with E-state index >= 15 is 0 Å². The van der Waals surface area contributed by atoms with Crippen molar-refractivity contribution in [3.05, 3.63) is 0 Å². The quantitative estimate of drug-likeness (QED) is 0.865. The topological polar surface area (TPSA) is 66.8 Å². The largest absolute Gasteiger partial charge is 0.480 e. The van der Waals surface area contributed by atoms with Crippen LogP contribution in [-0.2, 0) is 9.53 Å². The number of ether oxygens (including phenoxy) is 1. The van der Waals surface area contributed by atoms with Crippen molar-refractivity contribution in [1.29, 1.82) is 0 Å². The summed E-state index contributed by atoms with van der Waals surface area (Å²) in [6, 6.07) is -0.762. The molecule has 5 nitrogen and oxygen atoms in total. The van der Waals surface area contributed by atoms with E-state index in [0.717, 1.165) is 12.8 Å². The molecule has 2 atom stereocenters. The summed E-state index contributed by atoms with van der Waals surface area (Å²) in [7, 11) is 0. The van der Waals surface area contributed by atoms with E-state index in [1.165, 1.54) is 4.90 Å². The van der Waals surface area contributed by atoms with Gasteiger partial charge in [0.25, 0.3) is 0 Å². The van der Waals surface area contributed by atoms with Crippen LogP contribution in [0.2, 0.25) is 0 Å². The summed E-state index contributed by atoms with van der Waals surface area (Å²) in [6.07, 6.45) is 1.85. The minimum Gasteiger partial charge on any atom is -0.480 e. The first-order valence-electron chi connectivity index (χ1n) is 7.32. The number of likely N-dealkylation sites (tertiary alicyclic amines) is 1. The summed E-state index contributed by atoms with van der Waals surface area (Å²) < 4.78 is 5.30. The molecule has 0 unspecified atom stereocenters. The van der Waals surface area contributed by atoms with E-state index < -0.39 is 23.7 Å². The van der Waals surface area contributed by atoms with Crippen LogP contribution in [0.3, 0.4) is 0 Å². The van der Waals surface area contributed by atoms with Crippen LogP contribution in [0.5, 0.6) is 0 Å². The molecule has 1 N–H and O–H groups in total. The van der Waals surface area contributed by atoms with E-state index in [1.54, 1.807) is 20.8 Å². The minimum atomic E-state index is -0.940. The SMILES string of the molecule is CC(C)C[C@H]1CCN(C(=O)OC(C)(C)C)[C@H](C(=O)O)C1. The molecule has 1 fully saturated rings. The van der Waals surface area contributed by atoms with Gasteiger partial charge in [0.15, 0.2) is 0 Å². The molecule has 1 saturated heterocycles. The fourth-order valence-electron chi connectivity index (χ4n) is 2.69. The van der Waals surface area contributed by atoms with E-state index in [-0.39, 0.29) is 0 Å². The van der Waals surface area contributed by atoms with Crippen LogP contribution < -0.4 is 0 Å². The molecule has 5 heteroatoms. The molecule has 0 aliphatic carbocycles. The summed E-state index contributed by atoms with van der Waals surface area (Å²) in [5.74, 6) is -0.0263. The van der Waals surface area contributed by atoms with E-state index in [4.69, 9.17) is 4.74 Å². The molecule has 1 aliphatic heterocycles. The van der Waals surface area contributed by atoms with Gasteiger partial charge >= 0.3 is 12.1 Å². The van der Waals surface area contributed by atoms with Gasteiger partial charge in [-0.05, 0) is 51.9 Å². The predicted octanol–water partition coefficient (Wildman–Crippen LogP) is 3.13. The number of nitrogens with zero attached hydrogens (tertiary/aromatic N) is 1. The van der Waals surface area contributed by atoms with Gasteiger partial charge < -0.3 is 9.84 Å². The molecular formula is C15H27NO4. The number of rotatable bonds is 3. The Bertz CT molecular complexity index is 359. The van der Waals surface area contributed by atoms with Gasteiger partial charge in [0.2, 0.25) is 0 Å². The Balaban J connectivity index is 2.72. The zero-order valence-corrected chi connectivity index (χ0v) is 13.2. The maximum absolute atomic E-state index is 12.1. The molecule has 0 radical (unpaired) electrons. The summed E-state index contributed by atoms with van der Waals surface area (Å²) >= 11 is 0. The average molecular weight is 285 g/mol. The van der Waals surface area contributed by atoms with Gasteiger partial charge in [0.05, 0.1) is 0 Å². The number of piperidine rings is 1. The van der Waals surface area contributed by atoms with Gasteiger partial charge in [0.1, 0.15) is 11.6 Å². The van der Waals surface area contributed by atoms with Gasteiger partial charge in [-0.2, -0.15) is 0 Å². The molecule has 1 amide bonds. The second-order valence-corrected chi connectivity index (χ2v) is 7.05. The summed E-state index contributed by atoms with van der Waals surface area (Å²) in [5, 5.41) is 9.36. The van der Waals surface area contributed by atoms with Gasteiger partial charge in [-0.15, -0.1) is 0 Å². The second kappa shape index (κ2) is 6.46. The van der Waals surface area contributed by atoms with Gasteiger partial charge in [0, 0.05) is 6.54 Å². The predicted molar refractivity (Wildman–Crippen MR) is 76.5 cm³/mol. The van der Waals surface area contributed by atoms with E-state index in [1.807, 2.05) is 0 Å². The first-order chi connectivity index (χ1) is 9.10. The molecule has 0 spiro atoms. The molecule has 1 aliphatic rings. The van der Waals surface area contributed by atoms with Crippen molar-refractivity contribution in [2.45, 2.75) is 65.5 Å². The van der Waals surface area contributed by atoms with Crippen molar-refractivity contribution in [2.75, 3.05) is 6.54 Å².